The highest BCUT2D eigenvalue weighted by Crippen LogP contribution is 2.43. The quantitative estimate of drug-likeness (QED) is 0.0997. The van der Waals surface area contributed by atoms with Crippen molar-refractivity contribution in [3.8, 4) is 0 Å². The third kappa shape index (κ3) is 22.0. The van der Waals surface area contributed by atoms with E-state index >= 15 is 0 Å². The number of carbonyl (C=O) groups excluding carboxylic acids is 1. The fraction of sp³-hybridized carbons (Fsp3) is 0.960. The van der Waals surface area contributed by atoms with E-state index < -0.39 is 20.0 Å². The number of amides is 1. The first kappa shape index (κ1) is 33.5. The van der Waals surface area contributed by atoms with Crippen LogP contribution in [0.3, 0.4) is 0 Å². The number of nitrogens with zero attached hydrogens (tertiary/aromatic N) is 1. The number of carbonyl (C=O) groups is 1. The summed E-state index contributed by atoms with van der Waals surface area (Å²) in [7, 11) is 1.60. The van der Waals surface area contributed by atoms with Crippen LogP contribution in [0.4, 0.5) is 0 Å². The number of aliphatic hydroxyl groups is 1. The van der Waals surface area contributed by atoms with Crippen molar-refractivity contribution in [2.24, 2.45) is 0 Å². The lowest BCUT2D eigenvalue weighted by Gasteiger charge is -2.26. The molecule has 0 saturated heterocycles. The molecule has 0 rings (SSSR count). The second-order valence-electron chi connectivity index (χ2n) is 10.5. The highest BCUT2D eigenvalue weighted by Gasteiger charge is 2.27. The highest BCUT2D eigenvalue weighted by molar-refractivity contribution is 7.47. The molecule has 8 nitrogen and oxygen atoms in total. The second kappa shape index (κ2) is 19.7. The summed E-state index contributed by atoms with van der Waals surface area (Å²) in [6.07, 6.45) is 15.9. The molecule has 3 atom stereocenters. The third-order valence-electron chi connectivity index (χ3n) is 5.89. The number of hydrogen-bond acceptors (Lipinski definition) is 5. The Labute approximate surface area is 209 Å². The van der Waals surface area contributed by atoms with Crippen molar-refractivity contribution in [2.45, 2.75) is 116 Å². The molecule has 0 aliphatic rings. The maximum Gasteiger partial charge on any atom is 0.472 e. The number of phosphoric acid groups is 1. The molecular formula is C25H54N2O6P+. The molecular weight excluding hydrogens is 455 g/mol. The fourth-order valence-corrected chi connectivity index (χ4v) is 4.46. The van der Waals surface area contributed by atoms with Crippen LogP contribution in [-0.4, -0.2) is 73.4 Å². The highest BCUT2D eigenvalue weighted by atomic mass is 31.2. The Kier molecular flexibility index (Phi) is 19.4. The monoisotopic (exact) mass is 509 g/mol. The van der Waals surface area contributed by atoms with Gasteiger partial charge in [0.15, 0.2) is 0 Å². The standard InChI is InChI=1S/C25H53N2O6P/c1-6-7-8-9-10-11-12-13-14-15-16-17-18-19-25(29)24(26-23(2)28)22-33-34(30,31)32-21-20-27(3,4)5/h24-25,29H,6-22H2,1-5H3,(H-,26,28,30,31)/p+1/t24-,25+/m0/s1. The van der Waals surface area contributed by atoms with Crippen LogP contribution >= 0.6 is 7.82 Å². The van der Waals surface area contributed by atoms with E-state index in [1.807, 2.05) is 21.1 Å². The van der Waals surface area contributed by atoms with Gasteiger partial charge in [0.1, 0.15) is 13.2 Å². The Morgan fingerprint density at radius 2 is 1.35 bits per heavy atom. The van der Waals surface area contributed by atoms with Crippen LogP contribution in [0.2, 0.25) is 0 Å². The van der Waals surface area contributed by atoms with E-state index in [1.54, 1.807) is 0 Å². The molecule has 1 amide bonds. The van der Waals surface area contributed by atoms with Gasteiger partial charge in [0.2, 0.25) is 5.91 Å². The summed E-state index contributed by atoms with van der Waals surface area (Å²) in [4.78, 5) is 21.4. The van der Waals surface area contributed by atoms with Crippen molar-refractivity contribution in [3.05, 3.63) is 0 Å². The zero-order valence-corrected chi connectivity index (χ0v) is 23.5. The van der Waals surface area contributed by atoms with Crippen LogP contribution in [0.5, 0.6) is 0 Å². The predicted octanol–water partition coefficient (Wildman–Crippen LogP) is 5.17. The first-order valence-electron chi connectivity index (χ1n) is 13.3. The number of unbranched alkanes of at least 4 members (excludes halogenated alkanes) is 12. The number of phosphoric ester groups is 1. The number of quaternary nitrogens is 1. The average Bonchev–Trinajstić information content (AvgIpc) is 2.73. The van der Waals surface area contributed by atoms with Crippen molar-refractivity contribution < 1.29 is 32.9 Å². The zero-order valence-electron chi connectivity index (χ0n) is 22.6. The van der Waals surface area contributed by atoms with Crippen LogP contribution in [0.1, 0.15) is 104 Å². The van der Waals surface area contributed by atoms with E-state index in [0.29, 0.717) is 17.4 Å². The van der Waals surface area contributed by atoms with E-state index in [0.717, 1.165) is 19.3 Å². The molecule has 0 aliphatic heterocycles. The van der Waals surface area contributed by atoms with Crippen LogP contribution < -0.4 is 5.32 Å². The van der Waals surface area contributed by atoms with E-state index in [2.05, 4.69) is 12.2 Å². The van der Waals surface area contributed by atoms with E-state index in [9.17, 15) is 19.4 Å². The lowest BCUT2D eigenvalue weighted by atomic mass is 10.0. The fourth-order valence-electron chi connectivity index (χ4n) is 3.72. The second-order valence-corrected chi connectivity index (χ2v) is 12.0. The van der Waals surface area contributed by atoms with Gasteiger partial charge in [-0.25, -0.2) is 4.57 Å². The summed E-state index contributed by atoms with van der Waals surface area (Å²) in [5.41, 5.74) is 0. The molecule has 0 spiro atoms. The summed E-state index contributed by atoms with van der Waals surface area (Å²) < 4.78 is 22.8. The maximum atomic E-state index is 12.1. The van der Waals surface area contributed by atoms with Crippen molar-refractivity contribution in [1.82, 2.24) is 5.32 Å². The minimum absolute atomic E-state index is 0.0730. The molecule has 34 heavy (non-hydrogen) atoms. The Bertz CT molecular complexity index is 556. The molecule has 0 radical (unpaired) electrons. The van der Waals surface area contributed by atoms with Gasteiger partial charge in [0, 0.05) is 6.92 Å². The first-order valence-corrected chi connectivity index (χ1v) is 14.8. The molecule has 0 heterocycles. The van der Waals surface area contributed by atoms with Crippen molar-refractivity contribution in [1.29, 1.82) is 0 Å². The zero-order chi connectivity index (χ0) is 25.9. The minimum atomic E-state index is -4.25. The largest absolute Gasteiger partial charge is 0.472 e. The lowest BCUT2D eigenvalue weighted by Crippen LogP contribution is -2.45. The SMILES string of the molecule is CCCCCCCCCCCCCCC[C@@H](O)[C@H](COP(=O)(O)OCC[N+](C)(C)C)NC(C)=O. The topological polar surface area (TPSA) is 105 Å². The molecule has 1 unspecified atom stereocenters. The first-order chi connectivity index (χ1) is 16.0. The molecule has 0 aromatic rings. The van der Waals surface area contributed by atoms with Gasteiger partial charge < -0.3 is 19.8 Å². The molecule has 3 N–H and O–H groups in total. The van der Waals surface area contributed by atoms with Gasteiger partial charge in [-0.2, -0.15) is 0 Å². The number of nitrogens with one attached hydrogen (secondary N) is 1. The minimum Gasteiger partial charge on any atom is -0.391 e. The smallest absolute Gasteiger partial charge is 0.391 e. The van der Waals surface area contributed by atoms with Gasteiger partial charge in [-0.3, -0.25) is 13.8 Å². The molecule has 0 aromatic heterocycles. The Morgan fingerprint density at radius 1 is 0.882 bits per heavy atom. The summed E-state index contributed by atoms with van der Waals surface area (Å²) >= 11 is 0. The van der Waals surface area contributed by atoms with Gasteiger partial charge in [-0.05, 0) is 6.42 Å². The summed E-state index contributed by atoms with van der Waals surface area (Å²) in [6, 6.07) is -0.753. The molecule has 0 aliphatic carbocycles. The van der Waals surface area contributed by atoms with Gasteiger partial charge in [0.25, 0.3) is 0 Å². The summed E-state index contributed by atoms with van der Waals surface area (Å²) in [5, 5.41) is 13.1. The third-order valence-corrected chi connectivity index (χ3v) is 6.87. The van der Waals surface area contributed by atoms with Gasteiger partial charge in [0.05, 0.1) is 39.9 Å². The molecule has 0 bridgehead atoms. The van der Waals surface area contributed by atoms with E-state index in [-0.39, 0.29) is 19.1 Å². The van der Waals surface area contributed by atoms with Gasteiger partial charge in [-0.15, -0.1) is 0 Å². The molecule has 0 fully saturated rings. The Balaban J connectivity index is 4.03. The van der Waals surface area contributed by atoms with Gasteiger partial charge in [-0.1, -0.05) is 90.4 Å². The molecule has 0 saturated carbocycles. The van der Waals surface area contributed by atoms with Crippen LogP contribution in [-0.2, 0) is 18.4 Å². The summed E-state index contributed by atoms with van der Waals surface area (Å²) in [6.45, 7) is 3.93. The van der Waals surface area contributed by atoms with Crippen molar-refractivity contribution in [2.75, 3.05) is 40.9 Å². The van der Waals surface area contributed by atoms with Crippen LogP contribution in [0.15, 0.2) is 0 Å². The Hall–Kier alpha value is -0.500. The number of rotatable bonds is 23. The maximum absolute atomic E-state index is 12.1. The van der Waals surface area contributed by atoms with Crippen molar-refractivity contribution in [3.63, 3.8) is 0 Å². The number of likely N-dealkylation sites (N-methyl/N-ethyl adjacent to an activating group) is 1. The Morgan fingerprint density at radius 3 is 1.79 bits per heavy atom. The average molecular weight is 510 g/mol. The molecule has 204 valence electrons. The molecule has 9 heteroatoms. The van der Waals surface area contributed by atoms with Gasteiger partial charge >= 0.3 is 7.82 Å². The van der Waals surface area contributed by atoms with Crippen molar-refractivity contribution >= 4 is 13.7 Å². The number of hydrogen-bond donors (Lipinski definition) is 3. The van der Waals surface area contributed by atoms with Crippen LogP contribution in [0, 0.1) is 0 Å². The van der Waals surface area contributed by atoms with E-state index in [4.69, 9.17) is 9.05 Å². The number of aliphatic hydroxyl groups excluding tert-OH is 1. The predicted molar refractivity (Wildman–Crippen MR) is 139 cm³/mol. The van der Waals surface area contributed by atoms with Crippen LogP contribution in [0.25, 0.3) is 0 Å². The summed E-state index contributed by atoms with van der Waals surface area (Å²) in [5.74, 6) is -0.322. The molecule has 0 aromatic carbocycles. The normalized spacial score (nSPS) is 15.6. The van der Waals surface area contributed by atoms with E-state index in [1.165, 1.54) is 71.1 Å². The lowest BCUT2D eigenvalue weighted by molar-refractivity contribution is -0.870.